The molecule has 0 atom stereocenters. The summed E-state index contributed by atoms with van der Waals surface area (Å²) in [4.78, 5) is 6.64. The first kappa shape index (κ1) is 13.7. The van der Waals surface area contributed by atoms with E-state index < -0.39 is 0 Å². The molecule has 0 saturated heterocycles. The first-order valence-electron chi connectivity index (χ1n) is 7.32. The number of anilines is 1. The molecular formula is C16H20ClN3. The van der Waals surface area contributed by atoms with E-state index in [9.17, 15) is 0 Å². The molecular weight excluding hydrogens is 270 g/mol. The van der Waals surface area contributed by atoms with Gasteiger partial charge in [0.05, 0.1) is 11.6 Å². The molecule has 1 aromatic rings. The van der Waals surface area contributed by atoms with Gasteiger partial charge in [-0.15, -0.1) is 6.42 Å². The third kappa shape index (κ3) is 3.65. The van der Waals surface area contributed by atoms with Crippen molar-refractivity contribution in [2.75, 3.05) is 18.0 Å². The van der Waals surface area contributed by atoms with E-state index in [4.69, 9.17) is 18.0 Å². The summed E-state index contributed by atoms with van der Waals surface area (Å²) in [7, 11) is 0. The number of hydrogen-bond acceptors (Lipinski definition) is 3. The molecule has 0 radical (unpaired) electrons. The summed E-state index contributed by atoms with van der Waals surface area (Å²) < 4.78 is 0. The minimum Gasteiger partial charge on any atom is -0.345 e. The van der Waals surface area contributed by atoms with Crippen LogP contribution in [0.3, 0.4) is 0 Å². The molecule has 20 heavy (non-hydrogen) atoms. The van der Waals surface area contributed by atoms with Crippen molar-refractivity contribution in [1.82, 2.24) is 10.3 Å². The molecule has 0 spiro atoms. The van der Waals surface area contributed by atoms with Gasteiger partial charge in [-0.05, 0) is 43.2 Å². The first-order chi connectivity index (χ1) is 9.76. The largest absolute Gasteiger partial charge is 0.345 e. The Hall–Kier alpha value is -1.24. The summed E-state index contributed by atoms with van der Waals surface area (Å²) in [5, 5.41) is 4.22. The van der Waals surface area contributed by atoms with Crippen molar-refractivity contribution in [2.24, 2.45) is 5.92 Å². The maximum Gasteiger partial charge on any atom is 0.129 e. The highest BCUT2D eigenvalue weighted by Gasteiger charge is 2.25. The van der Waals surface area contributed by atoms with E-state index in [0.717, 1.165) is 35.4 Å². The standard InChI is InChI=1S/C16H20ClN3/c1-2-7-20(11-12-3-4-12)16-8-13(15(17)10-19-16)9-18-14-5-6-14/h1,8,10,12,14,18H,3-7,9,11H2. The van der Waals surface area contributed by atoms with E-state index in [0.29, 0.717) is 12.6 Å². The van der Waals surface area contributed by atoms with Crippen molar-refractivity contribution in [3.63, 3.8) is 0 Å². The predicted octanol–water partition coefficient (Wildman–Crippen LogP) is 2.84. The second-order valence-corrected chi connectivity index (χ2v) is 6.22. The summed E-state index contributed by atoms with van der Waals surface area (Å²) in [6.07, 6.45) is 12.4. The Morgan fingerprint density at radius 3 is 2.85 bits per heavy atom. The van der Waals surface area contributed by atoms with Crippen LogP contribution in [0.25, 0.3) is 0 Å². The number of nitrogens with zero attached hydrogens (tertiary/aromatic N) is 2. The lowest BCUT2D eigenvalue weighted by Gasteiger charge is -2.22. The van der Waals surface area contributed by atoms with Gasteiger partial charge < -0.3 is 10.2 Å². The zero-order valence-electron chi connectivity index (χ0n) is 11.6. The molecule has 3 rings (SSSR count). The second-order valence-electron chi connectivity index (χ2n) is 5.82. The number of pyridine rings is 1. The fraction of sp³-hybridized carbons (Fsp3) is 0.562. The molecule has 0 unspecified atom stereocenters. The average Bonchev–Trinajstić information content (AvgIpc) is 3.32. The number of terminal acetylenes is 1. The van der Waals surface area contributed by atoms with Gasteiger partial charge >= 0.3 is 0 Å². The van der Waals surface area contributed by atoms with Crippen LogP contribution in [0.5, 0.6) is 0 Å². The smallest absolute Gasteiger partial charge is 0.129 e. The van der Waals surface area contributed by atoms with E-state index in [1.54, 1.807) is 6.20 Å². The number of halogens is 1. The van der Waals surface area contributed by atoms with Gasteiger partial charge in [0.15, 0.2) is 0 Å². The Kier molecular flexibility index (Phi) is 4.14. The molecule has 1 heterocycles. The Bertz CT molecular complexity index is 515. The lowest BCUT2D eigenvalue weighted by atomic mass is 10.2. The number of rotatable bonds is 7. The fourth-order valence-electron chi connectivity index (χ4n) is 2.28. The maximum absolute atomic E-state index is 6.24. The average molecular weight is 290 g/mol. The summed E-state index contributed by atoms with van der Waals surface area (Å²) in [6.45, 7) is 2.43. The van der Waals surface area contributed by atoms with Crippen molar-refractivity contribution >= 4 is 17.4 Å². The van der Waals surface area contributed by atoms with Crippen LogP contribution in [0.15, 0.2) is 12.3 Å². The third-order valence-electron chi connectivity index (χ3n) is 3.86. The summed E-state index contributed by atoms with van der Waals surface area (Å²) in [5.74, 6) is 4.47. The van der Waals surface area contributed by atoms with Crippen LogP contribution in [0.1, 0.15) is 31.2 Å². The summed E-state index contributed by atoms with van der Waals surface area (Å²) in [5.41, 5.74) is 1.11. The summed E-state index contributed by atoms with van der Waals surface area (Å²) in [6, 6.07) is 2.76. The minimum atomic E-state index is 0.612. The van der Waals surface area contributed by atoms with Crippen molar-refractivity contribution < 1.29 is 0 Å². The van der Waals surface area contributed by atoms with E-state index in [-0.39, 0.29) is 0 Å². The molecule has 2 saturated carbocycles. The van der Waals surface area contributed by atoms with Gasteiger partial charge in [0.1, 0.15) is 5.82 Å². The molecule has 4 heteroatoms. The Morgan fingerprint density at radius 1 is 1.40 bits per heavy atom. The summed E-state index contributed by atoms with van der Waals surface area (Å²) >= 11 is 6.24. The first-order valence-corrected chi connectivity index (χ1v) is 7.70. The minimum absolute atomic E-state index is 0.612. The number of hydrogen-bond donors (Lipinski definition) is 1. The molecule has 2 fully saturated rings. The molecule has 1 N–H and O–H groups in total. The van der Waals surface area contributed by atoms with Gasteiger partial charge in [0, 0.05) is 25.3 Å². The molecule has 0 bridgehead atoms. The Labute approximate surface area is 125 Å². The molecule has 3 nitrogen and oxygen atoms in total. The van der Waals surface area contributed by atoms with Crippen molar-refractivity contribution in [2.45, 2.75) is 38.3 Å². The second kappa shape index (κ2) is 6.03. The van der Waals surface area contributed by atoms with E-state index in [1.165, 1.54) is 25.7 Å². The van der Waals surface area contributed by atoms with Gasteiger partial charge in [-0.25, -0.2) is 4.98 Å². The van der Waals surface area contributed by atoms with Crippen LogP contribution in [-0.2, 0) is 6.54 Å². The zero-order valence-corrected chi connectivity index (χ0v) is 12.4. The Morgan fingerprint density at radius 2 is 2.20 bits per heavy atom. The van der Waals surface area contributed by atoms with Crippen LogP contribution in [0, 0.1) is 18.3 Å². The normalized spacial score (nSPS) is 17.8. The topological polar surface area (TPSA) is 28.2 Å². The number of aromatic nitrogens is 1. The molecule has 106 valence electrons. The SMILES string of the molecule is C#CCN(CC1CC1)c1cc(CNC2CC2)c(Cl)cn1. The maximum atomic E-state index is 6.24. The van der Waals surface area contributed by atoms with E-state index in [2.05, 4.69) is 27.2 Å². The van der Waals surface area contributed by atoms with Crippen LogP contribution < -0.4 is 10.2 Å². The highest BCUT2D eigenvalue weighted by molar-refractivity contribution is 6.31. The van der Waals surface area contributed by atoms with Gasteiger partial charge in [-0.1, -0.05) is 17.5 Å². The number of nitrogens with one attached hydrogen (secondary N) is 1. The lowest BCUT2D eigenvalue weighted by Crippen LogP contribution is -2.27. The quantitative estimate of drug-likeness (QED) is 0.783. The van der Waals surface area contributed by atoms with Gasteiger partial charge in [0.2, 0.25) is 0 Å². The molecule has 0 aromatic carbocycles. The van der Waals surface area contributed by atoms with E-state index >= 15 is 0 Å². The predicted molar refractivity (Wildman–Crippen MR) is 82.9 cm³/mol. The molecule has 2 aliphatic rings. The Balaban J connectivity index is 1.72. The van der Waals surface area contributed by atoms with E-state index in [1.807, 2.05) is 0 Å². The van der Waals surface area contributed by atoms with Gasteiger partial charge in [-0.2, -0.15) is 0 Å². The van der Waals surface area contributed by atoms with Crippen LogP contribution in [0.4, 0.5) is 5.82 Å². The van der Waals surface area contributed by atoms with Crippen molar-refractivity contribution in [3.8, 4) is 12.3 Å². The fourth-order valence-corrected chi connectivity index (χ4v) is 2.45. The van der Waals surface area contributed by atoms with Gasteiger partial charge in [-0.3, -0.25) is 0 Å². The molecule has 2 aliphatic carbocycles. The highest BCUT2D eigenvalue weighted by Crippen LogP contribution is 2.31. The molecule has 0 amide bonds. The van der Waals surface area contributed by atoms with Crippen LogP contribution in [0.2, 0.25) is 5.02 Å². The third-order valence-corrected chi connectivity index (χ3v) is 4.20. The highest BCUT2D eigenvalue weighted by atomic mass is 35.5. The molecule has 0 aliphatic heterocycles. The van der Waals surface area contributed by atoms with Gasteiger partial charge in [0.25, 0.3) is 0 Å². The lowest BCUT2D eigenvalue weighted by molar-refractivity contribution is 0.685. The monoisotopic (exact) mass is 289 g/mol. The molecule has 1 aromatic heterocycles. The zero-order chi connectivity index (χ0) is 13.9. The van der Waals surface area contributed by atoms with Crippen molar-refractivity contribution in [3.05, 3.63) is 22.8 Å². The van der Waals surface area contributed by atoms with Crippen LogP contribution >= 0.6 is 11.6 Å². The van der Waals surface area contributed by atoms with Crippen molar-refractivity contribution in [1.29, 1.82) is 0 Å². The van der Waals surface area contributed by atoms with Crippen LogP contribution in [-0.4, -0.2) is 24.1 Å².